The van der Waals surface area contributed by atoms with Gasteiger partial charge in [-0.2, -0.15) is 0 Å². The van der Waals surface area contributed by atoms with Gasteiger partial charge in [0.2, 0.25) is 0 Å². The van der Waals surface area contributed by atoms with Crippen LogP contribution in [0, 0.1) is 0 Å². The number of pyridine rings is 1. The number of hydrogen-bond donors (Lipinski definition) is 1. The molecule has 0 saturated heterocycles. The highest BCUT2D eigenvalue weighted by atomic mass is 35.5. The molecule has 0 aliphatic heterocycles. The van der Waals surface area contributed by atoms with Crippen LogP contribution >= 0.6 is 11.6 Å². The first kappa shape index (κ1) is 12.7. The molecule has 21 heavy (non-hydrogen) atoms. The smallest absolute Gasteiger partial charge is 0.0423 e. The summed E-state index contributed by atoms with van der Waals surface area (Å²) in [5.74, 6) is 0. The molecule has 1 N–H and O–H groups in total. The quantitative estimate of drug-likeness (QED) is 0.754. The van der Waals surface area contributed by atoms with Crippen LogP contribution in [0.5, 0.6) is 0 Å². The fraction of sp³-hybridized carbons (Fsp3) is 0.167. The van der Waals surface area contributed by atoms with Crippen molar-refractivity contribution in [2.24, 2.45) is 0 Å². The fourth-order valence-electron chi connectivity index (χ4n) is 3.16. The Hall–Kier alpha value is -2.06. The van der Waals surface area contributed by atoms with E-state index >= 15 is 0 Å². The Bertz CT molecular complexity index is 808. The van der Waals surface area contributed by atoms with Crippen molar-refractivity contribution in [3.05, 3.63) is 71.0 Å². The molecule has 2 nitrogen and oxygen atoms in total. The van der Waals surface area contributed by atoms with E-state index in [1.54, 1.807) is 0 Å². The summed E-state index contributed by atoms with van der Waals surface area (Å²) in [6.07, 6.45) is 5.83. The average molecular weight is 295 g/mol. The highest BCUT2D eigenvalue weighted by molar-refractivity contribution is 6.30. The SMILES string of the molecule is Clc1ccc2c(c1)CC(Nc1cccc3cnccc13)C2. The largest absolute Gasteiger partial charge is 0.381 e. The molecule has 0 spiro atoms. The van der Waals surface area contributed by atoms with E-state index in [1.165, 1.54) is 27.6 Å². The molecular formula is C18H15ClN2. The lowest BCUT2D eigenvalue weighted by atomic mass is 10.1. The number of rotatable bonds is 2. The Kier molecular flexibility index (Phi) is 3.04. The van der Waals surface area contributed by atoms with Crippen molar-refractivity contribution >= 4 is 28.1 Å². The maximum absolute atomic E-state index is 6.08. The molecule has 3 heteroatoms. The van der Waals surface area contributed by atoms with Crippen molar-refractivity contribution < 1.29 is 0 Å². The number of aromatic nitrogens is 1. The van der Waals surface area contributed by atoms with E-state index in [-0.39, 0.29) is 0 Å². The molecule has 0 saturated carbocycles. The summed E-state index contributed by atoms with van der Waals surface area (Å²) in [4.78, 5) is 4.19. The lowest BCUT2D eigenvalue weighted by Gasteiger charge is -2.15. The van der Waals surface area contributed by atoms with Gasteiger partial charge in [-0.25, -0.2) is 0 Å². The van der Waals surface area contributed by atoms with Gasteiger partial charge in [0.15, 0.2) is 0 Å². The fourth-order valence-corrected chi connectivity index (χ4v) is 3.35. The number of benzene rings is 2. The molecule has 104 valence electrons. The Morgan fingerprint density at radius 3 is 2.90 bits per heavy atom. The van der Waals surface area contributed by atoms with E-state index < -0.39 is 0 Å². The number of hydrogen-bond acceptors (Lipinski definition) is 2. The minimum Gasteiger partial charge on any atom is -0.381 e. The maximum Gasteiger partial charge on any atom is 0.0423 e. The third-order valence-corrected chi connectivity index (χ3v) is 4.38. The minimum atomic E-state index is 0.428. The van der Waals surface area contributed by atoms with Crippen LogP contribution in [0.2, 0.25) is 5.02 Å². The average Bonchev–Trinajstić information content (AvgIpc) is 2.89. The third-order valence-electron chi connectivity index (χ3n) is 4.14. The van der Waals surface area contributed by atoms with Gasteiger partial charge in [0, 0.05) is 39.9 Å². The van der Waals surface area contributed by atoms with Crippen LogP contribution in [0.25, 0.3) is 10.8 Å². The standard InChI is InChI=1S/C18H15ClN2/c19-15-5-4-12-9-16(10-14(12)8-15)21-18-3-1-2-13-11-20-7-6-17(13)18/h1-8,11,16,21H,9-10H2. The van der Waals surface area contributed by atoms with Crippen LogP contribution in [-0.4, -0.2) is 11.0 Å². The predicted octanol–water partition coefficient (Wildman–Crippen LogP) is 4.47. The second kappa shape index (κ2) is 5.05. The zero-order chi connectivity index (χ0) is 14.2. The molecule has 1 unspecified atom stereocenters. The molecule has 0 fully saturated rings. The van der Waals surface area contributed by atoms with E-state index in [2.05, 4.69) is 46.7 Å². The number of fused-ring (bicyclic) bond motifs is 2. The predicted molar refractivity (Wildman–Crippen MR) is 88.0 cm³/mol. The Labute approximate surface area is 128 Å². The van der Waals surface area contributed by atoms with E-state index in [4.69, 9.17) is 11.6 Å². The van der Waals surface area contributed by atoms with Gasteiger partial charge in [0.25, 0.3) is 0 Å². The first-order valence-electron chi connectivity index (χ1n) is 7.16. The summed E-state index contributed by atoms with van der Waals surface area (Å²) < 4.78 is 0. The van der Waals surface area contributed by atoms with Crippen LogP contribution in [0.15, 0.2) is 54.9 Å². The van der Waals surface area contributed by atoms with Gasteiger partial charge in [-0.05, 0) is 48.2 Å². The van der Waals surface area contributed by atoms with Crippen molar-refractivity contribution in [2.75, 3.05) is 5.32 Å². The van der Waals surface area contributed by atoms with E-state index in [1.807, 2.05) is 18.5 Å². The summed E-state index contributed by atoms with van der Waals surface area (Å²) in [7, 11) is 0. The lowest BCUT2D eigenvalue weighted by molar-refractivity contribution is 0.775. The monoisotopic (exact) mass is 294 g/mol. The highest BCUT2D eigenvalue weighted by Gasteiger charge is 2.21. The number of halogens is 1. The molecule has 1 aromatic heterocycles. The summed E-state index contributed by atoms with van der Waals surface area (Å²) in [6.45, 7) is 0. The molecule has 1 aliphatic carbocycles. The zero-order valence-corrected chi connectivity index (χ0v) is 12.3. The van der Waals surface area contributed by atoms with Crippen molar-refractivity contribution in [2.45, 2.75) is 18.9 Å². The first-order chi connectivity index (χ1) is 10.3. The topological polar surface area (TPSA) is 24.9 Å². The van der Waals surface area contributed by atoms with Crippen LogP contribution in [0.1, 0.15) is 11.1 Å². The molecule has 2 aromatic carbocycles. The second-order valence-electron chi connectivity index (χ2n) is 5.56. The first-order valence-corrected chi connectivity index (χ1v) is 7.54. The van der Waals surface area contributed by atoms with Crippen LogP contribution in [-0.2, 0) is 12.8 Å². The summed E-state index contributed by atoms with van der Waals surface area (Å²) in [6, 6.07) is 15.0. The van der Waals surface area contributed by atoms with Gasteiger partial charge in [0.1, 0.15) is 0 Å². The minimum absolute atomic E-state index is 0.428. The van der Waals surface area contributed by atoms with Gasteiger partial charge < -0.3 is 5.32 Å². The lowest BCUT2D eigenvalue weighted by Crippen LogP contribution is -2.19. The Morgan fingerprint density at radius 1 is 1.05 bits per heavy atom. The number of nitrogens with one attached hydrogen (secondary N) is 1. The van der Waals surface area contributed by atoms with Gasteiger partial charge in [-0.1, -0.05) is 29.8 Å². The summed E-state index contributed by atoms with van der Waals surface area (Å²) in [5.41, 5.74) is 3.94. The zero-order valence-electron chi connectivity index (χ0n) is 11.5. The molecule has 0 bridgehead atoms. The summed E-state index contributed by atoms with van der Waals surface area (Å²) in [5, 5.41) is 6.90. The summed E-state index contributed by atoms with van der Waals surface area (Å²) >= 11 is 6.08. The van der Waals surface area contributed by atoms with E-state index in [9.17, 15) is 0 Å². The second-order valence-corrected chi connectivity index (χ2v) is 6.00. The molecule has 4 rings (SSSR count). The number of anilines is 1. The van der Waals surface area contributed by atoms with Gasteiger partial charge in [0.05, 0.1) is 0 Å². The van der Waals surface area contributed by atoms with Crippen molar-refractivity contribution in [3.8, 4) is 0 Å². The van der Waals surface area contributed by atoms with E-state index in [0.717, 1.165) is 17.9 Å². The number of nitrogens with zero attached hydrogens (tertiary/aromatic N) is 1. The van der Waals surface area contributed by atoms with Gasteiger partial charge in [-0.3, -0.25) is 4.98 Å². The Morgan fingerprint density at radius 2 is 1.95 bits per heavy atom. The van der Waals surface area contributed by atoms with Crippen LogP contribution in [0.3, 0.4) is 0 Å². The molecule has 0 amide bonds. The molecule has 1 aliphatic rings. The van der Waals surface area contributed by atoms with Crippen LogP contribution < -0.4 is 5.32 Å². The van der Waals surface area contributed by atoms with Gasteiger partial charge >= 0.3 is 0 Å². The van der Waals surface area contributed by atoms with E-state index in [0.29, 0.717) is 6.04 Å². The van der Waals surface area contributed by atoms with Gasteiger partial charge in [-0.15, -0.1) is 0 Å². The normalized spacial score (nSPS) is 16.9. The third kappa shape index (κ3) is 2.36. The van der Waals surface area contributed by atoms with Crippen LogP contribution in [0.4, 0.5) is 5.69 Å². The van der Waals surface area contributed by atoms with Crippen molar-refractivity contribution in [1.29, 1.82) is 0 Å². The molecule has 0 radical (unpaired) electrons. The molecular weight excluding hydrogens is 280 g/mol. The maximum atomic E-state index is 6.08. The molecule has 1 heterocycles. The van der Waals surface area contributed by atoms with Crippen molar-refractivity contribution in [1.82, 2.24) is 4.98 Å². The highest BCUT2D eigenvalue weighted by Crippen LogP contribution is 2.29. The molecule has 3 aromatic rings. The van der Waals surface area contributed by atoms with Crippen molar-refractivity contribution in [3.63, 3.8) is 0 Å². The Balaban J connectivity index is 1.62. The molecule has 1 atom stereocenters.